The Labute approximate surface area is 312 Å². The van der Waals surface area contributed by atoms with Gasteiger partial charge in [0.05, 0.1) is 49.3 Å². The number of imidazole rings is 2. The molecule has 6 heterocycles. The Hall–Kier alpha value is -4.36. The number of likely N-dealkylation sites (tertiary alicyclic amines) is 2. The van der Waals surface area contributed by atoms with E-state index < -0.39 is 24.3 Å². The van der Waals surface area contributed by atoms with Crippen LogP contribution in [0.4, 0.5) is 9.59 Å². The molecule has 0 aromatic carbocycles. The van der Waals surface area contributed by atoms with E-state index in [1.807, 2.05) is 38.8 Å². The summed E-state index contributed by atoms with van der Waals surface area (Å²) in [4.78, 5) is 72.6. The minimum Gasteiger partial charge on any atom is -0.453 e. The number of hydrogen-bond donors (Lipinski definition) is 4. The van der Waals surface area contributed by atoms with Gasteiger partial charge in [-0.2, -0.15) is 0 Å². The molecule has 2 aromatic rings. The largest absolute Gasteiger partial charge is 0.453 e. The molecule has 2 aromatic heterocycles. The van der Waals surface area contributed by atoms with Crippen molar-refractivity contribution in [1.29, 1.82) is 0 Å². The maximum absolute atomic E-state index is 13.5. The highest BCUT2D eigenvalue weighted by Gasteiger charge is 2.40. The monoisotopic (exact) mass is 750 g/mol. The van der Waals surface area contributed by atoms with Crippen LogP contribution in [0.15, 0.2) is 29.5 Å². The number of methoxy groups -OCH3 is 2. The highest BCUT2D eigenvalue weighted by molar-refractivity contribution is 8.12. The molecule has 0 aliphatic carbocycles. The summed E-state index contributed by atoms with van der Waals surface area (Å²) < 4.78 is 9.49. The molecule has 6 unspecified atom stereocenters. The number of aromatic amines is 2. The standard InChI is InChI=1S/C36H46N8O6S2/c1-19(2)29(41-35(47)49-5)33(45)43-13-7-9-24(43)31-37-17-21(39-31)11-12-22-15-27-28(51-22)16-26(52-27)23-18-38-32(40-23)25-10-8-14-44(25)34(46)30(20(3)4)42-36(48)50-6/h15-20,24-25,27-30H,7-10,13-14H2,1-6H3,(H,37,39)(H,38,40)(H,41,47)(H,42,48). The number of thioether (sulfide) groups is 2. The van der Waals surface area contributed by atoms with Crippen molar-refractivity contribution >= 4 is 52.4 Å². The maximum atomic E-state index is 13.5. The second kappa shape index (κ2) is 16.1. The Kier molecular flexibility index (Phi) is 11.6. The van der Waals surface area contributed by atoms with Crippen LogP contribution >= 0.6 is 23.5 Å². The van der Waals surface area contributed by atoms with E-state index in [4.69, 9.17) is 14.5 Å². The molecule has 4 N–H and O–H groups in total. The molecule has 4 aliphatic heterocycles. The van der Waals surface area contributed by atoms with Crippen LogP contribution < -0.4 is 10.6 Å². The van der Waals surface area contributed by atoms with E-state index in [0.717, 1.165) is 47.0 Å². The Balaban J connectivity index is 1.06. The van der Waals surface area contributed by atoms with E-state index in [2.05, 4.69) is 49.6 Å². The Morgan fingerprint density at radius 3 is 1.87 bits per heavy atom. The fourth-order valence-corrected chi connectivity index (χ4v) is 9.72. The van der Waals surface area contributed by atoms with Crippen molar-refractivity contribution in [3.05, 3.63) is 52.5 Å². The first-order valence-corrected chi connectivity index (χ1v) is 19.4. The van der Waals surface area contributed by atoms with Gasteiger partial charge in [0.15, 0.2) is 0 Å². The molecule has 6 rings (SSSR count). The van der Waals surface area contributed by atoms with Crippen molar-refractivity contribution in [2.45, 2.75) is 88.0 Å². The van der Waals surface area contributed by atoms with Crippen molar-refractivity contribution in [3.8, 4) is 11.8 Å². The number of nitrogens with zero attached hydrogens (tertiary/aromatic N) is 4. The van der Waals surface area contributed by atoms with Crippen LogP contribution in [0.2, 0.25) is 0 Å². The topological polar surface area (TPSA) is 175 Å². The first-order valence-electron chi connectivity index (χ1n) is 17.7. The summed E-state index contributed by atoms with van der Waals surface area (Å²) in [7, 11) is 2.57. The number of carbonyl (C=O) groups is 4. The van der Waals surface area contributed by atoms with Gasteiger partial charge in [-0.1, -0.05) is 39.7 Å². The quantitative estimate of drug-likeness (QED) is 0.263. The van der Waals surface area contributed by atoms with Crippen LogP contribution in [0.25, 0.3) is 4.91 Å². The lowest BCUT2D eigenvalue weighted by Crippen LogP contribution is -2.51. The molecular weight excluding hydrogens is 705 g/mol. The number of rotatable bonds is 9. The molecule has 4 aliphatic rings. The molecule has 0 radical (unpaired) electrons. The number of H-pyrrole nitrogens is 2. The van der Waals surface area contributed by atoms with Gasteiger partial charge in [-0.3, -0.25) is 9.59 Å². The lowest BCUT2D eigenvalue weighted by molar-refractivity contribution is -0.136. The molecule has 14 nitrogen and oxygen atoms in total. The van der Waals surface area contributed by atoms with E-state index >= 15 is 0 Å². The highest BCUT2D eigenvalue weighted by Crippen LogP contribution is 2.50. The van der Waals surface area contributed by atoms with Gasteiger partial charge in [0.25, 0.3) is 0 Å². The summed E-state index contributed by atoms with van der Waals surface area (Å²) in [5.74, 6) is 7.46. The van der Waals surface area contributed by atoms with E-state index in [1.165, 1.54) is 14.2 Å². The summed E-state index contributed by atoms with van der Waals surface area (Å²) in [6, 6.07) is -1.78. The summed E-state index contributed by atoms with van der Waals surface area (Å²) in [6.45, 7) is 8.78. The average molecular weight is 751 g/mol. The third-order valence-corrected chi connectivity index (χ3v) is 12.4. The summed E-state index contributed by atoms with van der Waals surface area (Å²) >= 11 is 3.49. The predicted molar refractivity (Wildman–Crippen MR) is 199 cm³/mol. The van der Waals surface area contributed by atoms with Crippen molar-refractivity contribution in [2.75, 3.05) is 27.3 Å². The number of alkyl carbamates (subject to hydrolysis) is 2. The lowest BCUT2D eigenvalue weighted by atomic mass is 10.0. The van der Waals surface area contributed by atoms with Crippen LogP contribution in [0, 0.1) is 23.7 Å². The highest BCUT2D eigenvalue weighted by atomic mass is 32.2. The Bertz CT molecular complexity index is 1810. The number of hydrogen-bond acceptors (Lipinski definition) is 10. The molecule has 4 amide bonds. The van der Waals surface area contributed by atoms with Gasteiger partial charge < -0.3 is 39.9 Å². The smallest absolute Gasteiger partial charge is 0.407 e. The van der Waals surface area contributed by atoms with Crippen LogP contribution in [-0.4, -0.2) is 104 Å². The van der Waals surface area contributed by atoms with Crippen LogP contribution in [0.5, 0.6) is 0 Å². The third kappa shape index (κ3) is 8.00. The second-order valence-corrected chi connectivity index (χ2v) is 16.4. The van der Waals surface area contributed by atoms with Crippen molar-refractivity contribution in [1.82, 2.24) is 40.4 Å². The van der Waals surface area contributed by atoms with Gasteiger partial charge in [-0.15, -0.1) is 23.5 Å². The SMILES string of the molecule is COC(=O)NC(C(=O)N1CCCC1c1ncc(C#CC2=CC3SC(c4cnc(C5CCCN5C(=O)C(NC(=O)OC)C(C)C)[nH]4)=CC3S2)[nH]1)C(C)C. The van der Waals surface area contributed by atoms with Crippen molar-refractivity contribution in [3.63, 3.8) is 0 Å². The normalized spacial score (nSPS) is 23.5. The van der Waals surface area contributed by atoms with E-state index in [1.54, 1.807) is 34.6 Å². The van der Waals surface area contributed by atoms with Gasteiger partial charge in [0.1, 0.15) is 29.4 Å². The third-order valence-electron chi connectivity index (χ3n) is 9.74. The van der Waals surface area contributed by atoms with Crippen molar-refractivity contribution in [2.24, 2.45) is 11.8 Å². The zero-order valence-electron chi connectivity index (χ0n) is 30.2. The van der Waals surface area contributed by atoms with Gasteiger partial charge in [0, 0.05) is 28.5 Å². The van der Waals surface area contributed by atoms with Gasteiger partial charge in [0.2, 0.25) is 11.8 Å². The molecule has 0 spiro atoms. The molecule has 278 valence electrons. The van der Waals surface area contributed by atoms with E-state index in [-0.39, 0.29) is 46.2 Å². The Morgan fingerprint density at radius 1 is 0.788 bits per heavy atom. The zero-order valence-corrected chi connectivity index (χ0v) is 31.9. The minimum absolute atomic E-state index is 0.0986. The first-order chi connectivity index (χ1) is 25.0. The fraction of sp³-hybridized carbons (Fsp3) is 0.556. The van der Waals surface area contributed by atoms with Crippen LogP contribution in [0.1, 0.15) is 88.5 Å². The molecule has 2 fully saturated rings. The molecule has 0 bridgehead atoms. The average Bonchev–Trinajstić information content (AvgIpc) is 3.96. The summed E-state index contributed by atoms with van der Waals surface area (Å²) in [5.41, 5.74) is 1.60. The van der Waals surface area contributed by atoms with Gasteiger partial charge in [-0.05, 0) is 49.5 Å². The van der Waals surface area contributed by atoms with Gasteiger partial charge in [-0.25, -0.2) is 19.6 Å². The number of amides is 4. The molecule has 16 heteroatoms. The number of allylic oxidation sites excluding steroid dienone is 1. The number of aromatic nitrogens is 4. The predicted octanol–water partition coefficient (Wildman–Crippen LogP) is 4.73. The molecule has 0 saturated carbocycles. The number of ether oxygens (including phenoxy) is 2. The summed E-state index contributed by atoms with van der Waals surface area (Å²) in [6.07, 6.45) is 10.00. The van der Waals surface area contributed by atoms with Crippen molar-refractivity contribution < 1.29 is 28.7 Å². The first kappa shape index (κ1) is 37.4. The number of fused-ring (bicyclic) bond motifs is 1. The second-order valence-electron chi connectivity index (χ2n) is 13.9. The number of nitrogens with one attached hydrogen (secondary N) is 4. The maximum Gasteiger partial charge on any atom is 0.407 e. The fourth-order valence-electron chi connectivity index (χ4n) is 7.00. The van der Waals surface area contributed by atoms with E-state index in [0.29, 0.717) is 24.6 Å². The molecule has 2 saturated heterocycles. The number of carbonyl (C=O) groups excluding carboxylic acids is 4. The molecular formula is C36H46N8O6S2. The van der Waals surface area contributed by atoms with Crippen LogP contribution in [-0.2, 0) is 19.1 Å². The van der Waals surface area contributed by atoms with Crippen LogP contribution in [0.3, 0.4) is 0 Å². The zero-order chi connectivity index (χ0) is 37.1. The summed E-state index contributed by atoms with van der Waals surface area (Å²) in [5, 5.41) is 5.85. The van der Waals surface area contributed by atoms with Gasteiger partial charge >= 0.3 is 12.2 Å². The lowest BCUT2D eigenvalue weighted by Gasteiger charge is -2.30. The minimum atomic E-state index is -0.690. The Morgan fingerprint density at radius 2 is 1.33 bits per heavy atom. The molecule has 52 heavy (non-hydrogen) atoms. The molecule has 6 atom stereocenters. The van der Waals surface area contributed by atoms with E-state index in [9.17, 15) is 19.2 Å².